The number of hydrogen-bond acceptors (Lipinski definition) is 9. The largest absolute Gasteiger partial charge is 0.758 e. The molecule has 0 radical (unpaired) electrons. The number of anilines is 2. The molecule has 1 aromatic heterocycles. The molecule has 0 saturated carbocycles. The van der Waals surface area contributed by atoms with Crippen LogP contribution in [0.1, 0.15) is 25.7 Å². The zero-order valence-corrected chi connectivity index (χ0v) is 24.9. The predicted molar refractivity (Wildman–Crippen MR) is 164 cm³/mol. The van der Waals surface area contributed by atoms with E-state index in [9.17, 15) is 13.6 Å². The lowest BCUT2D eigenvalue weighted by Gasteiger charge is -2.27. The smallest absolute Gasteiger partial charge is 0.263 e. The van der Waals surface area contributed by atoms with Crippen LogP contribution >= 0.6 is 0 Å². The number of halogens is 1. The number of sulfonamides is 1. The molecule has 0 aliphatic carbocycles. The maximum Gasteiger partial charge on any atom is 0.263 e. The predicted octanol–water partition coefficient (Wildman–Crippen LogP) is 6.16. The van der Waals surface area contributed by atoms with E-state index in [0.717, 1.165) is 32.1 Å². The quantitative estimate of drug-likeness (QED) is 0.149. The molecule has 5 rings (SSSR count). The number of nitrogens with zero attached hydrogens (tertiary/aromatic N) is 3. The molecule has 0 spiro atoms. The Labute approximate surface area is 250 Å². The number of hydroxylamine groups is 1. The van der Waals surface area contributed by atoms with E-state index in [1.165, 1.54) is 56.6 Å². The number of aromatic nitrogens is 1. The zero-order chi connectivity index (χ0) is 30.4. The molecule has 12 heteroatoms. The van der Waals surface area contributed by atoms with Crippen molar-refractivity contribution in [1.82, 2.24) is 9.88 Å². The van der Waals surface area contributed by atoms with E-state index < -0.39 is 15.8 Å². The fraction of sp³-hybridized carbons (Fsp3) is 0.323. The van der Waals surface area contributed by atoms with Gasteiger partial charge in [0.2, 0.25) is 0 Å². The molecule has 4 aromatic rings. The van der Waals surface area contributed by atoms with Crippen LogP contribution in [0, 0.1) is 11.0 Å². The van der Waals surface area contributed by atoms with E-state index in [0.29, 0.717) is 39.8 Å². The topological polar surface area (TPSA) is 116 Å². The standard InChI is InChI=1S/C31H34FN4O6S/c1-35(37)26-9-4-5-10-31(26)43(38,39)34-22-11-12-28(24(32)19-22)42-27-13-14-33-25-21-30(29(40-2)20-23(25)27)41-18-8-17-36-15-6-3-7-16-36/h4-5,9-14,19-21,34H,3,6-8,15-18H2,1-2H3/q-1. The summed E-state index contributed by atoms with van der Waals surface area (Å²) < 4.78 is 60.9. The van der Waals surface area contributed by atoms with Crippen molar-refractivity contribution >= 4 is 32.3 Å². The number of methoxy groups -OCH3 is 1. The van der Waals surface area contributed by atoms with Gasteiger partial charge < -0.3 is 29.4 Å². The number of rotatable bonds is 12. The average Bonchev–Trinajstić information content (AvgIpc) is 3.00. The Balaban J connectivity index is 1.30. The second-order valence-corrected chi connectivity index (χ2v) is 11.9. The summed E-state index contributed by atoms with van der Waals surface area (Å²) in [6, 6.07) is 14.6. The first-order valence-corrected chi connectivity index (χ1v) is 15.6. The Morgan fingerprint density at radius 3 is 2.53 bits per heavy atom. The summed E-state index contributed by atoms with van der Waals surface area (Å²) in [4.78, 5) is 6.66. The van der Waals surface area contributed by atoms with Crippen LogP contribution in [0.3, 0.4) is 0 Å². The van der Waals surface area contributed by atoms with E-state index >= 15 is 4.39 Å². The molecule has 1 aliphatic heterocycles. The number of likely N-dealkylation sites (tertiary alicyclic amines) is 1. The molecule has 0 bridgehead atoms. The Hall–Kier alpha value is -4.13. The van der Waals surface area contributed by atoms with Crippen LogP contribution in [0.15, 0.2) is 71.8 Å². The maximum atomic E-state index is 15.2. The van der Waals surface area contributed by atoms with Crippen LogP contribution < -0.4 is 24.0 Å². The molecule has 228 valence electrons. The van der Waals surface area contributed by atoms with Gasteiger partial charge in [-0.2, -0.15) is 0 Å². The summed E-state index contributed by atoms with van der Waals surface area (Å²) in [6.45, 7) is 3.80. The molecule has 0 amide bonds. The molecule has 1 aliphatic rings. The first-order valence-electron chi connectivity index (χ1n) is 14.1. The fourth-order valence-corrected chi connectivity index (χ4v) is 6.34. The van der Waals surface area contributed by atoms with Crippen molar-refractivity contribution in [2.45, 2.75) is 30.6 Å². The van der Waals surface area contributed by atoms with Gasteiger partial charge in [0, 0.05) is 35.9 Å². The first kappa shape index (κ1) is 30.3. The number of benzene rings is 3. The molecule has 0 unspecified atom stereocenters. The molecule has 1 N–H and O–H groups in total. The summed E-state index contributed by atoms with van der Waals surface area (Å²) in [5.74, 6) is 0.482. The van der Waals surface area contributed by atoms with Gasteiger partial charge in [0.05, 0.1) is 24.9 Å². The van der Waals surface area contributed by atoms with Crippen LogP contribution in [0.2, 0.25) is 0 Å². The molecule has 3 aromatic carbocycles. The number of nitrogens with one attached hydrogen (secondary N) is 1. The summed E-state index contributed by atoms with van der Waals surface area (Å²) in [7, 11) is -1.42. The SMILES string of the molecule is COc1cc2c(Oc3ccc(NS(=O)(=O)c4ccccc4N(C)[O-])cc3F)ccnc2cc1OCCCN1CCCCC1. The van der Waals surface area contributed by atoms with Gasteiger partial charge in [0.15, 0.2) is 23.1 Å². The second kappa shape index (κ2) is 13.4. The van der Waals surface area contributed by atoms with Gasteiger partial charge in [0.1, 0.15) is 10.6 Å². The Morgan fingerprint density at radius 2 is 1.79 bits per heavy atom. The number of piperidine rings is 1. The summed E-state index contributed by atoms with van der Waals surface area (Å²) in [5, 5.41) is 12.9. The van der Waals surface area contributed by atoms with Crippen LogP contribution in [0.4, 0.5) is 15.8 Å². The van der Waals surface area contributed by atoms with Gasteiger partial charge in [-0.1, -0.05) is 18.6 Å². The number of fused-ring (bicyclic) bond motifs is 1. The molecule has 2 heterocycles. The lowest BCUT2D eigenvalue weighted by Crippen LogP contribution is -2.31. The van der Waals surface area contributed by atoms with Crippen molar-refractivity contribution in [3.8, 4) is 23.0 Å². The fourth-order valence-electron chi connectivity index (χ4n) is 5.06. The van der Waals surface area contributed by atoms with Crippen molar-refractivity contribution in [2.24, 2.45) is 0 Å². The van der Waals surface area contributed by atoms with Crippen LogP contribution in [0.5, 0.6) is 23.0 Å². The summed E-state index contributed by atoms with van der Waals surface area (Å²) in [5.41, 5.74) is 0.508. The summed E-state index contributed by atoms with van der Waals surface area (Å²) >= 11 is 0. The van der Waals surface area contributed by atoms with Gasteiger partial charge >= 0.3 is 0 Å². The minimum Gasteiger partial charge on any atom is -0.758 e. The van der Waals surface area contributed by atoms with Crippen LogP contribution in [-0.2, 0) is 10.0 Å². The van der Waals surface area contributed by atoms with E-state index in [4.69, 9.17) is 14.2 Å². The van der Waals surface area contributed by atoms with Crippen molar-refractivity contribution in [2.75, 3.05) is 50.2 Å². The molecular formula is C31H34FN4O6S-. The minimum absolute atomic E-state index is 0.0310. The molecule has 1 fully saturated rings. The zero-order valence-electron chi connectivity index (χ0n) is 24.1. The monoisotopic (exact) mass is 609 g/mol. The van der Waals surface area contributed by atoms with Gasteiger partial charge in [-0.15, -0.1) is 0 Å². The number of hydrogen-bond donors (Lipinski definition) is 1. The highest BCUT2D eigenvalue weighted by Gasteiger charge is 2.20. The summed E-state index contributed by atoms with van der Waals surface area (Å²) in [6.07, 6.45) is 6.25. The Kier molecular flexibility index (Phi) is 9.49. The lowest BCUT2D eigenvalue weighted by molar-refractivity contribution is 0.203. The molecule has 10 nitrogen and oxygen atoms in total. The number of ether oxygens (including phenoxy) is 3. The van der Waals surface area contributed by atoms with E-state index in [-0.39, 0.29) is 22.0 Å². The second-order valence-electron chi connectivity index (χ2n) is 10.3. The van der Waals surface area contributed by atoms with Gasteiger partial charge in [0.25, 0.3) is 10.0 Å². The minimum atomic E-state index is -4.17. The van der Waals surface area contributed by atoms with E-state index in [2.05, 4.69) is 14.6 Å². The lowest BCUT2D eigenvalue weighted by atomic mass is 10.1. The first-order chi connectivity index (χ1) is 20.7. The average molecular weight is 610 g/mol. The van der Waals surface area contributed by atoms with Crippen molar-refractivity contribution < 1.29 is 27.0 Å². The Morgan fingerprint density at radius 1 is 1.00 bits per heavy atom. The van der Waals surface area contributed by atoms with Gasteiger partial charge in [-0.3, -0.25) is 9.71 Å². The van der Waals surface area contributed by atoms with Crippen LogP contribution in [-0.4, -0.2) is 58.7 Å². The van der Waals surface area contributed by atoms with E-state index in [1.807, 2.05) is 0 Å². The van der Waals surface area contributed by atoms with Crippen molar-refractivity contribution in [3.63, 3.8) is 0 Å². The highest BCUT2D eigenvalue weighted by Crippen LogP contribution is 2.38. The normalized spacial score (nSPS) is 14.0. The molecule has 1 saturated heterocycles. The van der Waals surface area contributed by atoms with Gasteiger partial charge in [-0.05, 0) is 75.8 Å². The van der Waals surface area contributed by atoms with Crippen molar-refractivity contribution in [3.05, 3.63) is 77.9 Å². The van der Waals surface area contributed by atoms with Crippen LogP contribution in [0.25, 0.3) is 10.9 Å². The third kappa shape index (κ3) is 7.27. The molecule has 0 atom stereocenters. The third-order valence-electron chi connectivity index (χ3n) is 7.21. The number of pyridine rings is 1. The van der Waals surface area contributed by atoms with E-state index in [1.54, 1.807) is 37.6 Å². The van der Waals surface area contributed by atoms with Crippen molar-refractivity contribution in [1.29, 1.82) is 0 Å². The molecular weight excluding hydrogens is 575 g/mol. The highest BCUT2D eigenvalue weighted by molar-refractivity contribution is 7.92. The van der Waals surface area contributed by atoms with Gasteiger partial charge in [-0.25, -0.2) is 12.8 Å². The third-order valence-corrected chi connectivity index (χ3v) is 8.64. The Bertz CT molecular complexity index is 1680. The maximum absolute atomic E-state index is 15.2. The highest BCUT2D eigenvalue weighted by atomic mass is 32.2. The number of para-hydroxylation sites is 1. The molecule has 43 heavy (non-hydrogen) atoms.